The Morgan fingerprint density at radius 3 is 2.59 bits per heavy atom. The molecule has 2 N–H and O–H groups in total. The average molecular weight is 532 g/mol. The number of methoxy groups -OCH3 is 1. The molecule has 5 heterocycles. The lowest BCUT2D eigenvalue weighted by atomic mass is 10.2. The van der Waals surface area contributed by atoms with Crippen molar-refractivity contribution in [3.05, 3.63) is 48.9 Å². The number of aromatic nitrogens is 6. The molecule has 1 aliphatic heterocycles. The first-order valence-corrected chi connectivity index (χ1v) is 12.7. The van der Waals surface area contributed by atoms with E-state index in [2.05, 4.69) is 25.1 Å². The minimum atomic E-state index is -0.525. The van der Waals surface area contributed by atoms with Crippen LogP contribution in [0.2, 0.25) is 0 Å². The summed E-state index contributed by atoms with van der Waals surface area (Å²) in [5.74, 6) is 1.86. The second-order valence-electron chi connectivity index (χ2n) is 9.29. The normalized spacial score (nSPS) is 14.8. The van der Waals surface area contributed by atoms with Gasteiger partial charge in [0.05, 0.1) is 18.3 Å². The predicted octanol–water partition coefficient (Wildman–Crippen LogP) is 2.25. The minimum absolute atomic E-state index is 0.00826. The first kappa shape index (κ1) is 24.7. The van der Waals surface area contributed by atoms with Gasteiger partial charge < -0.3 is 29.4 Å². The van der Waals surface area contributed by atoms with Gasteiger partial charge in [0.25, 0.3) is 0 Å². The molecule has 0 saturated carbocycles. The molecule has 1 saturated heterocycles. The highest BCUT2D eigenvalue weighted by Crippen LogP contribution is 2.25. The Hall–Kier alpha value is -4.65. The van der Waals surface area contributed by atoms with Gasteiger partial charge >= 0.3 is 0 Å². The van der Waals surface area contributed by atoms with Crippen LogP contribution in [0, 0.1) is 0 Å². The fraction of sp³-hybridized carbons (Fsp3) is 0.346. The Kier molecular flexibility index (Phi) is 6.49. The smallest absolute Gasteiger partial charge is 0.247 e. The van der Waals surface area contributed by atoms with Crippen molar-refractivity contribution >= 4 is 34.2 Å². The standard InChI is InChI=1S/C26H29N9O4/c1-17(25(36)33-11-9-32(10-12-33)18-5-7-19(8-6-18)38-15-14-37-2)34-16-20-22(30-34)29-26(27)35-24(20)28-23(31-35)21-4-3-13-39-21/h3-8,13,16-17H,9-12,14-15H2,1-2H3,(H2,27,29,30). The van der Waals surface area contributed by atoms with Gasteiger partial charge in [-0.05, 0) is 43.3 Å². The molecule has 0 spiro atoms. The zero-order chi connectivity index (χ0) is 26.9. The third-order valence-corrected chi connectivity index (χ3v) is 6.84. The van der Waals surface area contributed by atoms with Crippen molar-refractivity contribution in [2.45, 2.75) is 13.0 Å². The maximum Gasteiger partial charge on any atom is 0.247 e. The Labute approximate surface area is 223 Å². The van der Waals surface area contributed by atoms with Crippen LogP contribution in [0.15, 0.2) is 53.3 Å². The van der Waals surface area contributed by atoms with Crippen molar-refractivity contribution in [2.24, 2.45) is 0 Å². The summed E-state index contributed by atoms with van der Waals surface area (Å²) in [5, 5.41) is 9.62. The van der Waals surface area contributed by atoms with Gasteiger partial charge in [0.15, 0.2) is 17.1 Å². The molecule has 202 valence electrons. The van der Waals surface area contributed by atoms with Gasteiger partial charge in [-0.15, -0.1) is 5.10 Å². The number of carbonyl (C=O) groups excluding carboxylic acids is 1. The number of benzene rings is 1. The van der Waals surface area contributed by atoms with E-state index in [1.807, 2.05) is 36.1 Å². The van der Waals surface area contributed by atoms with Gasteiger partial charge in [0, 0.05) is 45.2 Å². The van der Waals surface area contributed by atoms with Crippen molar-refractivity contribution in [2.75, 3.05) is 57.1 Å². The maximum atomic E-state index is 13.4. The molecule has 1 aromatic carbocycles. The summed E-state index contributed by atoms with van der Waals surface area (Å²) >= 11 is 0. The molecule has 39 heavy (non-hydrogen) atoms. The third-order valence-electron chi connectivity index (χ3n) is 6.84. The second kappa shape index (κ2) is 10.3. The minimum Gasteiger partial charge on any atom is -0.491 e. The van der Waals surface area contributed by atoms with Crippen LogP contribution in [0.3, 0.4) is 0 Å². The summed E-state index contributed by atoms with van der Waals surface area (Å²) in [6, 6.07) is 11.0. The second-order valence-corrected chi connectivity index (χ2v) is 9.29. The summed E-state index contributed by atoms with van der Waals surface area (Å²) < 4.78 is 19.2. The molecule has 13 heteroatoms. The highest BCUT2D eigenvalue weighted by molar-refractivity contribution is 5.90. The molecule has 4 aromatic heterocycles. The van der Waals surface area contributed by atoms with E-state index >= 15 is 0 Å². The molecule has 1 fully saturated rings. The third kappa shape index (κ3) is 4.72. The van der Waals surface area contributed by atoms with Gasteiger partial charge in [-0.3, -0.25) is 9.48 Å². The predicted molar refractivity (Wildman–Crippen MR) is 144 cm³/mol. The van der Waals surface area contributed by atoms with Crippen molar-refractivity contribution in [1.29, 1.82) is 0 Å². The maximum absolute atomic E-state index is 13.4. The van der Waals surface area contributed by atoms with Crippen LogP contribution in [0.5, 0.6) is 5.75 Å². The van der Waals surface area contributed by atoms with Crippen molar-refractivity contribution < 1.29 is 18.7 Å². The van der Waals surface area contributed by atoms with Gasteiger partial charge in [-0.25, -0.2) is 4.98 Å². The van der Waals surface area contributed by atoms with Crippen LogP contribution in [0.25, 0.3) is 28.3 Å². The molecule has 0 aliphatic carbocycles. The topological polar surface area (TPSA) is 142 Å². The number of carbonyl (C=O) groups is 1. The summed E-state index contributed by atoms with van der Waals surface area (Å²) in [6.45, 7) is 5.59. The van der Waals surface area contributed by atoms with Crippen LogP contribution in [0.4, 0.5) is 11.6 Å². The number of anilines is 2. The monoisotopic (exact) mass is 531 g/mol. The lowest BCUT2D eigenvalue weighted by Gasteiger charge is -2.37. The molecule has 6 rings (SSSR count). The van der Waals surface area contributed by atoms with Gasteiger partial charge in [-0.2, -0.15) is 14.6 Å². The molecule has 1 atom stereocenters. The van der Waals surface area contributed by atoms with Crippen LogP contribution in [-0.4, -0.2) is 86.7 Å². The van der Waals surface area contributed by atoms with Gasteiger partial charge in [0.1, 0.15) is 18.4 Å². The zero-order valence-corrected chi connectivity index (χ0v) is 21.7. The molecule has 1 amide bonds. The van der Waals surface area contributed by atoms with E-state index in [0.717, 1.165) is 24.5 Å². The number of hydrogen-bond acceptors (Lipinski definition) is 10. The SMILES string of the molecule is COCCOc1ccc(N2CCN(C(=O)C(C)n3cc4c(nc(N)n5nc(-c6ccco6)nc45)n3)CC2)cc1. The van der Waals surface area contributed by atoms with Gasteiger partial charge in [0.2, 0.25) is 17.7 Å². The van der Waals surface area contributed by atoms with E-state index in [0.29, 0.717) is 54.6 Å². The van der Waals surface area contributed by atoms with Crippen molar-refractivity contribution in [3.63, 3.8) is 0 Å². The van der Waals surface area contributed by atoms with Crippen molar-refractivity contribution in [1.82, 2.24) is 34.3 Å². The van der Waals surface area contributed by atoms with E-state index in [9.17, 15) is 4.79 Å². The fourth-order valence-electron chi connectivity index (χ4n) is 4.69. The van der Waals surface area contributed by atoms with Crippen LogP contribution < -0.4 is 15.4 Å². The number of nitrogen functional groups attached to an aromatic ring is 1. The first-order chi connectivity index (χ1) is 19.0. The summed E-state index contributed by atoms with van der Waals surface area (Å²) in [5.41, 5.74) is 8.12. The molecule has 5 aromatic rings. The molecule has 1 aliphatic rings. The number of piperazine rings is 1. The zero-order valence-electron chi connectivity index (χ0n) is 21.7. The molecule has 0 bridgehead atoms. The highest BCUT2D eigenvalue weighted by Gasteiger charge is 2.27. The molecular weight excluding hydrogens is 502 g/mol. The summed E-state index contributed by atoms with van der Waals surface area (Å²) in [6.07, 6.45) is 3.33. The summed E-state index contributed by atoms with van der Waals surface area (Å²) in [7, 11) is 1.65. The van der Waals surface area contributed by atoms with Gasteiger partial charge in [-0.1, -0.05) is 0 Å². The number of nitrogens with two attached hydrogens (primary N) is 1. The van der Waals surface area contributed by atoms with Crippen molar-refractivity contribution in [3.8, 4) is 17.3 Å². The Bertz CT molecular complexity index is 1590. The number of rotatable bonds is 8. The molecular formula is C26H29N9O4. The highest BCUT2D eigenvalue weighted by atomic mass is 16.5. The first-order valence-electron chi connectivity index (χ1n) is 12.7. The van der Waals surface area contributed by atoms with Crippen LogP contribution >= 0.6 is 0 Å². The number of hydrogen-bond donors (Lipinski definition) is 1. The van der Waals surface area contributed by atoms with Crippen LogP contribution in [-0.2, 0) is 9.53 Å². The number of furan rings is 1. The lowest BCUT2D eigenvalue weighted by molar-refractivity contribution is -0.134. The van der Waals surface area contributed by atoms with E-state index in [1.165, 1.54) is 4.52 Å². The Balaban J connectivity index is 1.14. The van der Waals surface area contributed by atoms with E-state index < -0.39 is 6.04 Å². The average Bonchev–Trinajstić information content (AvgIpc) is 3.73. The lowest BCUT2D eigenvalue weighted by Crippen LogP contribution is -2.50. The number of ether oxygens (including phenoxy) is 2. The molecule has 13 nitrogen and oxygen atoms in total. The number of amides is 1. The Morgan fingerprint density at radius 1 is 1.08 bits per heavy atom. The number of nitrogens with zero attached hydrogens (tertiary/aromatic N) is 8. The summed E-state index contributed by atoms with van der Waals surface area (Å²) in [4.78, 5) is 26.5. The number of fused-ring (bicyclic) bond motifs is 3. The van der Waals surface area contributed by atoms with E-state index in [1.54, 1.807) is 36.4 Å². The van der Waals surface area contributed by atoms with E-state index in [-0.39, 0.29) is 11.9 Å². The Morgan fingerprint density at radius 2 is 1.87 bits per heavy atom. The quantitative estimate of drug-likeness (QED) is 0.296. The van der Waals surface area contributed by atoms with E-state index in [4.69, 9.17) is 19.6 Å². The van der Waals surface area contributed by atoms with Crippen LogP contribution in [0.1, 0.15) is 13.0 Å². The molecule has 0 radical (unpaired) electrons. The largest absolute Gasteiger partial charge is 0.491 e. The molecule has 1 unspecified atom stereocenters. The fourth-order valence-corrected chi connectivity index (χ4v) is 4.69.